The van der Waals surface area contributed by atoms with E-state index in [4.69, 9.17) is 10.4 Å². The zero-order valence-electron chi connectivity index (χ0n) is 5.47. The van der Waals surface area contributed by atoms with Gasteiger partial charge in [0, 0.05) is 12.8 Å². The largest absolute Gasteiger partial charge is 0.480 e. The molecule has 60 valence electrons. The summed E-state index contributed by atoms with van der Waals surface area (Å²) in [5.74, 6) is -4.42. The molecule has 1 fully saturated rings. The van der Waals surface area contributed by atoms with Crippen molar-refractivity contribution in [3.05, 3.63) is 0 Å². The van der Waals surface area contributed by atoms with Crippen molar-refractivity contribution in [2.45, 2.75) is 18.8 Å². The maximum Gasteiger partial charge on any atom is 0.324 e. The number of alkyl halides is 2. The molecule has 1 saturated carbocycles. The van der Waals surface area contributed by atoms with Crippen LogP contribution in [-0.4, -0.2) is 17.0 Å². The second-order valence-corrected chi connectivity index (χ2v) is 2.71. The van der Waals surface area contributed by atoms with E-state index in [1.165, 1.54) is 6.07 Å². The van der Waals surface area contributed by atoms with Crippen LogP contribution >= 0.6 is 0 Å². The summed E-state index contributed by atoms with van der Waals surface area (Å²) < 4.78 is 24.3. The van der Waals surface area contributed by atoms with Crippen LogP contribution in [0.5, 0.6) is 0 Å². The fourth-order valence-corrected chi connectivity index (χ4v) is 1.11. The SMILES string of the molecule is N#CC1(C(=O)O)CC(F)(F)C1. The molecular weight excluding hydrogens is 156 g/mol. The average Bonchev–Trinajstić information content (AvgIpc) is 1.81. The minimum atomic E-state index is -2.96. The summed E-state index contributed by atoms with van der Waals surface area (Å²) in [6.07, 6.45) is -1.71. The first-order chi connectivity index (χ1) is 4.92. The van der Waals surface area contributed by atoms with Crippen LogP contribution in [0.4, 0.5) is 8.78 Å². The lowest BCUT2D eigenvalue weighted by molar-refractivity contribution is -0.180. The first-order valence-electron chi connectivity index (χ1n) is 2.94. The van der Waals surface area contributed by atoms with Crippen LogP contribution in [0.2, 0.25) is 0 Å². The number of aliphatic carboxylic acids is 1. The van der Waals surface area contributed by atoms with Crippen molar-refractivity contribution in [1.29, 1.82) is 5.26 Å². The zero-order valence-corrected chi connectivity index (χ0v) is 5.47. The van der Waals surface area contributed by atoms with Gasteiger partial charge in [-0.25, -0.2) is 8.78 Å². The molecule has 3 nitrogen and oxygen atoms in total. The smallest absolute Gasteiger partial charge is 0.324 e. The summed E-state index contributed by atoms with van der Waals surface area (Å²) in [5.41, 5.74) is -1.83. The molecule has 0 aromatic carbocycles. The highest BCUT2D eigenvalue weighted by Gasteiger charge is 2.62. The van der Waals surface area contributed by atoms with Crippen LogP contribution in [0, 0.1) is 16.7 Å². The predicted molar refractivity (Wildman–Crippen MR) is 29.9 cm³/mol. The van der Waals surface area contributed by atoms with Crippen molar-refractivity contribution in [1.82, 2.24) is 0 Å². The standard InChI is InChI=1S/C6H5F2NO2/c7-6(8)1-5(2-6,3-9)4(10)11/h1-2H2,(H,10,11). The van der Waals surface area contributed by atoms with Crippen molar-refractivity contribution < 1.29 is 18.7 Å². The fraction of sp³-hybridized carbons (Fsp3) is 0.667. The van der Waals surface area contributed by atoms with Crippen LogP contribution in [-0.2, 0) is 4.79 Å². The Morgan fingerprint density at radius 3 is 2.09 bits per heavy atom. The van der Waals surface area contributed by atoms with Crippen molar-refractivity contribution >= 4 is 5.97 Å². The number of rotatable bonds is 1. The highest BCUT2D eigenvalue weighted by Crippen LogP contribution is 2.51. The van der Waals surface area contributed by atoms with Gasteiger partial charge in [0.25, 0.3) is 5.92 Å². The third kappa shape index (κ3) is 1.04. The van der Waals surface area contributed by atoms with Crippen LogP contribution in [0.3, 0.4) is 0 Å². The first kappa shape index (κ1) is 7.92. The van der Waals surface area contributed by atoms with Crippen molar-refractivity contribution in [3.8, 4) is 6.07 Å². The van der Waals surface area contributed by atoms with Gasteiger partial charge in [-0.1, -0.05) is 0 Å². The molecule has 0 heterocycles. The number of hydrogen-bond donors (Lipinski definition) is 1. The van der Waals surface area contributed by atoms with Gasteiger partial charge < -0.3 is 5.11 Å². The van der Waals surface area contributed by atoms with E-state index in [0.717, 1.165) is 0 Å². The lowest BCUT2D eigenvalue weighted by Gasteiger charge is -2.38. The summed E-state index contributed by atoms with van der Waals surface area (Å²) in [6, 6.07) is 1.39. The molecule has 11 heavy (non-hydrogen) atoms. The molecule has 1 aliphatic carbocycles. The molecule has 0 aromatic rings. The number of halogens is 2. The van der Waals surface area contributed by atoms with Crippen molar-refractivity contribution in [2.24, 2.45) is 5.41 Å². The Bertz CT molecular complexity index is 235. The topological polar surface area (TPSA) is 61.1 Å². The molecule has 1 N–H and O–H groups in total. The van der Waals surface area contributed by atoms with E-state index >= 15 is 0 Å². The minimum absolute atomic E-state index is 0.855. The third-order valence-electron chi connectivity index (χ3n) is 1.74. The van der Waals surface area contributed by atoms with E-state index in [9.17, 15) is 13.6 Å². The van der Waals surface area contributed by atoms with E-state index < -0.39 is 30.1 Å². The van der Waals surface area contributed by atoms with Gasteiger partial charge in [0.15, 0.2) is 5.41 Å². The van der Waals surface area contributed by atoms with E-state index in [0.29, 0.717) is 0 Å². The van der Waals surface area contributed by atoms with Crippen molar-refractivity contribution in [3.63, 3.8) is 0 Å². The van der Waals surface area contributed by atoms with Crippen LogP contribution < -0.4 is 0 Å². The maximum atomic E-state index is 12.2. The number of hydrogen-bond acceptors (Lipinski definition) is 2. The quantitative estimate of drug-likeness (QED) is 0.624. The Balaban J connectivity index is 2.75. The molecule has 0 bridgehead atoms. The van der Waals surface area contributed by atoms with Gasteiger partial charge >= 0.3 is 5.97 Å². The fourth-order valence-electron chi connectivity index (χ4n) is 1.11. The monoisotopic (exact) mass is 161 g/mol. The summed E-state index contributed by atoms with van der Waals surface area (Å²) in [7, 11) is 0. The van der Waals surface area contributed by atoms with Gasteiger partial charge in [-0.2, -0.15) is 5.26 Å². The Labute approximate surface area is 61.2 Å². The molecule has 0 amide bonds. The molecule has 1 rings (SSSR count). The number of nitriles is 1. The van der Waals surface area contributed by atoms with E-state index in [-0.39, 0.29) is 0 Å². The zero-order chi connectivity index (χ0) is 8.70. The van der Waals surface area contributed by atoms with Gasteiger partial charge in [-0.15, -0.1) is 0 Å². The number of nitrogens with zero attached hydrogens (tertiary/aromatic N) is 1. The number of carbonyl (C=O) groups is 1. The lowest BCUT2D eigenvalue weighted by Crippen LogP contribution is -2.50. The van der Waals surface area contributed by atoms with Crippen molar-refractivity contribution in [2.75, 3.05) is 0 Å². The molecule has 0 spiro atoms. The highest BCUT2D eigenvalue weighted by molar-refractivity contribution is 5.79. The first-order valence-corrected chi connectivity index (χ1v) is 2.94. The number of carboxylic acids is 1. The maximum absolute atomic E-state index is 12.2. The van der Waals surface area contributed by atoms with Gasteiger partial charge in [-0.3, -0.25) is 4.79 Å². The molecule has 5 heteroatoms. The van der Waals surface area contributed by atoms with Gasteiger partial charge in [0.05, 0.1) is 6.07 Å². The lowest BCUT2D eigenvalue weighted by atomic mass is 9.67. The minimum Gasteiger partial charge on any atom is -0.480 e. The second kappa shape index (κ2) is 1.91. The van der Waals surface area contributed by atoms with E-state index in [2.05, 4.69) is 0 Å². The van der Waals surface area contributed by atoms with Gasteiger partial charge in [-0.05, 0) is 0 Å². The van der Waals surface area contributed by atoms with E-state index in [1.807, 2.05) is 0 Å². The third-order valence-corrected chi connectivity index (χ3v) is 1.74. The second-order valence-electron chi connectivity index (χ2n) is 2.71. The molecular formula is C6H5F2NO2. The van der Waals surface area contributed by atoms with Crippen LogP contribution in [0.15, 0.2) is 0 Å². The van der Waals surface area contributed by atoms with Crippen LogP contribution in [0.25, 0.3) is 0 Å². The van der Waals surface area contributed by atoms with Crippen LogP contribution in [0.1, 0.15) is 12.8 Å². The normalized spacial score (nSPS) is 24.8. The Morgan fingerprint density at radius 2 is 2.00 bits per heavy atom. The molecule has 0 atom stereocenters. The molecule has 0 aliphatic heterocycles. The Morgan fingerprint density at radius 1 is 1.55 bits per heavy atom. The molecule has 0 unspecified atom stereocenters. The van der Waals surface area contributed by atoms with E-state index in [1.54, 1.807) is 0 Å². The van der Waals surface area contributed by atoms with Gasteiger partial charge in [0.1, 0.15) is 0 Å². The molecule has 0 aromatic heterocycles. The summed E-state index contributed by atoms with van der Waals surface area (Å²) in [4.78, 5) is 10.3. The summed E-state index contributed by atoms with van der Waals surface area (Å²) in [6.45, 7) is 0. The Hall–Kier alpha value is -1.18. The molecule has 1 aliphatic rings. The summed E-state index contributed by atoms with van der Waals surface area (Å²) >= 11 is 0. The average molecular weight is 161 g/mol. The predicted octanol–water partition coefficient (Wildman–Crippen LogP) is 1.01. The summed E-state index contributed by atoms with van der Waals surface area (Å²) in [5, 5.41) is 16.6. The van der Waals surface area contributed by atoms with Gasteiger partial charge in [0.2, 0.25) is 0 Å². The molecule has 0 radical (unpaired) electrons. The Kier molecular flexibility index (Phi) is 1.37. The number of carboxylic acid groups (broad SMARTS) is 1. The highest BCUT2D eigenvalue weighted by atomic mass is 19.3. The molecule has 0 saturated heterocycles.